The Morgan fingerprint density at radius 2 is 1.81 bits per heavy atom. The fourth-order valence-corrected chi connectivity index (χ4v) is 3.61. The highest BCUT2D eigenvalue weighted by Crippen LogP contribution is 2.20. The van der Waals surface area contributed by atoms with Gasteiger partial charge in [0.25, 0.3) is 5.91 Å². The number of nitrogens with zero attached hydrogens (tertiary/aromatic N) is 3. The predicted octanol–water partition coefficient (Wildman–Crippen LogP) is 3.44. The maximum absolute atomic E-state index is 12.4. The Balaban J connectivity index is 1.53. The second kappa shape index (κ2) is 10.6. The minimum absolute atomic E-state index is 0.149. The van der Waals surface area contributed by atoms with Crippen LogP contribution in [0.25, 0.3) is 0 Å². The zero-order valence-electron chi connectivity index (χ0n) is 17.7. The lowest BCUT2D eigenvalue weighted by Crippen LogP contribution is -2.28. The molecular formula is C22H25N5O3S. The maximum Gasteiger partial charge on any atom is 0.251 e. The molecule has 2 aromatic carbocycles. The van der Waals surface area contributed by atoms with Gasteiger partial charge in [0, 0.05) is 18.3 Å². The molecule has 162 valence electrons. The number of nitrogens with one attached hydrogen (secondary N) is 2. The summed E-state index contributed by atoms with van der Waals surface area (Å²) >= 11 is 1.28. The van der Waals surface area contributed by atoms with E-state index in [2.05, 4.69) is 20.8 Å². The van der Waals surface area contributed by atoms with Gasteiger partial charge in [-0.25, -0.2) is 0 Å². The molecule has 0 aliphatic heterocycles. The monoisotopic (exact) mass is 439 g/mol. The van der Waals surface area contributed by atoms with E-state index in [0.717, 1.165) is 5.75 Å². The van der Waals surface area contributed by atoms with Crippen LogP contribution in [-0.4, -0.2) is 38.9 Å². The minimum atomic E-state index is -0.336. The van der Waals surface area contributed by atoms with Gasteiger partial charge in [0.15, 0.2) is 11.0 Å². The van der Waals surface area contributed by atoms with Gasteiger partial charge in [-0.15, -0.1) is 10.2 Å². The summed E-state index contributed by atoms with van der Waals surface area (Å²) < 4.78 is 7.18. The van der Waals surface area contributed by atoms with Crippen molar-refractivity contribution in [3.05, 3.63) is 66.0 Å². The highest BCUT2D eigenvalue weighted by atomic mass is 32.2. The van der Waals surface area contributed by atoms with Crippen LogP contribution < -0.4 is 15.4 Å². The first kappa shape index (κ1) is 22.4. The zero-order chi connectivity index (χ0) is 22.2. The van der Waals surface area contributed by atoms with E-state index in [1.54, 1.807) is 28.8 Å². The molecule has 1 heterocycles. The summed E-state index contributed by atoms with van der Waals surface area (Å²) in [6.45, 7) is 4.36. The number of hydrogen-bond acceptors (Lipinski definition) is 6. The molecule has 0 saturated carbocycles. The zero-order valence-corrected chi connectivity index (χ0v) is 18.5. The Morgan fingerprint density at radius 3 is 2.48 bits per heavy atom. The van der Waals surface area contributed by atoms with Gasteiger partial charge in [0.2, 0.25) is 5.91 Å². The smallest absolute Gasteiger partial charge is 0.251 e. The molecule has 31 heavy (non-hydrogen) atoms. The number of anilines is 1. The number of rotatable bonds is 9. The normalized spacial score (nSPS) is 11.6. The topological polar surface area (TPSA) is 98.1 Å². The van der Waals surface area contributed by atoms with E-state index in [4.69, 9.17) is 4.74 Å². The molecule has 2 N–H and O–H groups in total. The Labute approximate surface area is 185 Å². The van der Waals surface area contributed by atoms with Gasteiger partial charge in [-0.2, -0.15) is 0 Å². The van der Waals surface area contributed by atoms with E-state index in [9.17, 15) is 9.59 Å². The largest absolute Gasteiger partial charge is 0.494 e. The Kier molecular flexibility index (Phi) is 7.66. The molecule has 0 fully saturated rings. The Bertz CT molecular complexity index is 1020. The molecule has 1 atom stereocenters. The van der Waals surface area contributed by atoms with Crippen molar-refractivity contribution in [3.63, 3.8) is 0 Å². The van der Waals surface area contributed by atoms with Gasteiger partial charge < -0.3 is 19.9 Å². The van der Waals surface area contributed by atoms with Crippen molar-refractivity contribution in [2.45, 2.75) is 25.0 Å². The summed E-state index contributed by atoms with van der Waals surface area (Å²) in [6.07, 6.45) is 0. The van der Waals surface area contributed by atoms with E-state index in [1.165, 1.54) is 11.8 Å². The highest BCUT2D eigenvalue weighted by molar-refractivity contribution is 7.99. The third kappa shape index (κ3) is 6.08. The van der Waals surface area contributed by atoms with Crippen LogP contribution in [0.15, 0.2) is 59.8 Å². The van der Waals surface area contributed by atoms with E-state index < -0.39 is 0 Å². The molecule has 0 aliphatic rings. The third-order valence-electron chi connectivity index (χ3n) is 4.42. The number of carbonyl (C=O) groups is 2. The summed E-state index contributed by atoms with van der Waals surface area (Å²) in [4.78, 5) is 24.6. The van der Waals surface area contributed by atoms with Crippen LogP contribution in [0, 0.1) is 0 Å². The van der Waals surface area contributed by atoms with E-state index in [1.807, 2.05) is 51.2 Å². The van der Waals surface area contributed by atoms with Gasteiger partial charge in [-0.05, 0) is 50.2 Å². The van der Waals surface area contributed by atoms with Crippen LogP contribution in [0.4, 0.5) is 5.69 Å². The molecule has 0 spiro atoms. The number of aromatic nitrogens is 3. The standard InChI is InChI=1S/C22H25N5O3S/c1-4-30-18-12-10-17(11-13-18)24-19(28)14-31-22-26-25-20(27(22)3)15(2)23-21(29)16-8-6-5-7-9-16/h5-13,15H,4,14H2,1-3H3,(H,23,29)(H,24,28)/t15-/m1/s1. The second-order valence-corrected chi connectivity index (χ2v) is 7.70. The highest BCUT2D eigenvalue weighted by Gasteiger charge is 2.19. The van der Waals surface area contributed by atoms with Gasteiger partial charge in [-0.3, -0.25) is 9.59 Å². The van der Waals surface area contributed by atoms with Crippen molar-refractivity contribution >= 4 is 29.3 Å². The molecule has 9 heteroatoms. The van der Waals surface area contributed by atoms with Gasteiger partial charge >= 0.3 is 0 Å². The molecule has 3 aromatic rings. The fourth-order valence-electron chi connectivity index (χ4n) is 2.89. The van der Waals surface area contributed by atoms with E-state index >= 15 is 0 Å². The predicted molar refractivity (Wildman–Crippen MR) is 120 cm³/mol. The quantitative estimate of drug-likeness (QED) is 0.496. The van der Waals surface area contributed by atoms with Crippen molar-refractivity contribution in [2.24, 2.45) is 7.05 Å². The number of amides is 2. The first-order valence-electron chi connectivity index (χ1n) is 9.88. The molecule has 0 unspecified atom stereocenters. The molecular weight excluding hydrogens is 414 g/mol. The van der Waals surface area contributed by atoms with Gasteiger partial charge in [0.1, 0.15) is 5.75 Å². The second-order valence-electron chi connectivity index (χ2n) is 6.76. The number of carbonyl (C=O) groups excluding carboxylic acids is 2. The van der Waals surface area contributed by atoms with Crippen molar-refractivity contribution in [1.82, 2.24) is 20.1 Å². The minimum Gasteiger partial charge on any atom is -0.494 e. The molecule has 0 bridgehead atoms. The molecule has 0 saturated heterocycles. The van der Waals surface area contributed by atoms with E-state index in [0.29, 0.717) is 28.8 Å². The summed E-state index contributed by atoms with van der Waals surface area (Å²) in [5, 5.41) is 14.7. The summed E-state index contributed by atoms with van der Waals surface area (Å²) in [6, 6.07) is 15.9. The van der Waals surface area contributed by atoms with Crippen molar-refractivity contribution in [2.75, 3.05) is 17.7 Å². The number of ether oxygens (including phenoxy) is 1. The van der Waals surface area contributed by atoms with Crippen LogP contribution in [-0.2, 0) is 11.8 Å². The average Bonchev–Trinajstić information content (AvgIpc) is 3.15. The Hall–Kier alpha value is -3.33. The molecule has 0 aliphatic carbocycles. The number of benzene rings is 2. The van der Waals surface area contributed by atoms with E-state index in [-0.39, 0.29) is 23.6 Å². The Morgan fingerprint density at radius 1 is 1.10 bits per heavy atom. The van der Waals surface area contributed by atoms with Crippen LogP contribution in [0.3, 0.4) is 0 Å². The number of hydrogen-bond donors (Lipinski definition) is 2. The van der Waals surface area contributed by atoms with Crippen LogP contribution >= 0.6 is 11.8 Å². The number of thioether (sulfide) groups is 1. The van der Waals surface area contributed by atoms with Gasteiger partial charge in [-0.1, -0.05) is 30.0 Å². The molecule has 0 radical (unpaired) electrons. The summed E-state index contributed by atoms with van der Waals surface area (Å²) in [5.74, 6) is 1.22. The SMILES string of the molecule is CCOc1ccc(NC(=O)CSc2nnc([C@@H](C)NC(=O)c3ccccc3)n2C)cc1. The van der Waals surface area contributed by atoms with Crippen LogP contribution in [0.1, 0.15) is 36.1 Å². The van der Waals surface area contributed by atoms with Crippen molar-refractivity contribution in [1.29, 1.82) is 0 Å². The van der Waals surface area contributed by atoms with Gasteiger partial charge in [0.05, 0.1) is 18.4 Å². The summed E-state index contributed by atoms with van der Waals surface area (Å²) in [7, 11) is 1.81. The lowest BCUT2D eigenvalue weighted by molar-refractivity contribution is -0.113. The summed E-state index contributed by atoms with van der Waals surface area (Å²) in [5.41, 5.74) is 1.28. The lowest BCUT2D eigenvalue weighted by Gasteiger charge is -2.13. The van der Waals surface area contributed by atoms with Crippen LogP contribution in [0.5, 0.6) is 5.75 Å². The first-order chi connectivity index (χ1) is 15.0. The molecule has 2 amide bonds. The van der Waals surface area contributed by atoms with Crippen LogP contribution in [0.2, 0.25) is 0 Å². The molecule has 3 rings (SSSR count). The average molecular weight is 440 g/mol. The van der Waals surface area contributed by atoms with Crippen molar-refractivity contribution in [3.8, 4) is 5.75 Å². The molecule has 1 aromatic heterocycles. The lowest BCUT2D eigenvalue weighted by atomic mass is 10.2. The molecule has 8 nitrogen and oxygen atoms in total. The van der Waals surface area contributed by atoms with Crippen molar-refractivity contribution < 1.29 is 14.3 Å². The maximum atomic E-state index is 12.4. The fraction of sp³-hybridized carbons (Fsp3) is 0.273. The third-order valence-corrected chi connectivity index (χ3v) is 5.44. The first-order valence-corrected chi connectivity index (χ1v) is 10.9.